The lowest BCUT2D eigenvalue weighted by Gasteiger charge is -2.27. The Bertz CT molecular complexity index is 1620. The van der Waals surface area contributed by atoms with Gasteiger partial charge in [-0.25, -0.2) is 9.37 Å². The minimum atomic E-state index is -4.55. The maximum absolute atomic E-state index is 15.4. The van der Waals surface area contributed by atoms with Crippen LogP contribution >= 0.6 is 0 Å². The SMILES string of the molecule is C[C@H]1OCc2c1c(N)nc1cc(F)c(C(=O)N(c3cnn(C)c3)C3COc4cc(C(F)(F)F)ccc43)cc21. The van der Waals surface area contributed by atoms with E-state index in [-0.39, 0.29) is 42.0 Å². The second-order valence-electron chi connectivity index (χ2n) is 9.32. The summed E-state index contributed by atoms with van der Waals surface area (Å²) in [5.41, 5.74) is 7.40. The summed E-state index contributed by atoms with van der Waals surface area (Å²) in [6.45, 7) is 1.94. The van der Waals surface area contributed by atoms with E-state index in [4.69, 9.17) is 15.2 Å². The largest absolute Gasteiger partial charge is 0.491 e. The average molecular weight is 527 g/mol. The molecule has 0 aliphatic carbocycles. The van der Waals surface area contributed by atoms with Gasteiger partial charge in [-0.3, -0.25) is 14.4 Å². The van der Waals surface area contributed by atoms with Crippen molar-refractivity contribution in [2.45, 2.75) is 31.9 Å². The van der Waals surface area contributed by atoms with Gasteiger partial charge < -0.3 is 15.2 Å². The normalized spacial score (nSPS) is 18.4. The molecule has 2 N–H and O–H groups in total. The highest BCUT2D eigenvalue weighted by molar-refractivity contribution is 6.09. The number of alkyl halides is 3. The van der Waals surface area contributed by atoms with Gasteiger partial charge in [0, 0.05) is 35.8 Å². The molecule has 0 saturated carbocycles. The smallest absolute Gasteiger partial charge is 0.416 e. The third kappa shape index (κ3) is 3.74. The standard InChI is InChI=1S/C26H21F4N5O3/c1-12-23-18(10-37-12)16-6-17(19(27)7-20(16)33-24(23)31)25(36)35(14-8-32-34(2)9-14)21-11-38-22-5-13(26(28,29)30)3-4-15(21)22/h3-9,12,21H,10-11H2,1-2H3,(H2,31,33)/t12-,21?/m1/s1. The molecule has 2 aliphatic rings. The molecule has 0 radical (unpaired) electrons. The molecular weight excluding hydrogens is 506 g/mol. The molecule has 1 unspecified atom stereocenters. The van der Waals surface area contributed by atoms with E-state index in [1.807, 2.05) is 6.92 Å². The lowest BCUT2D eigenvalue weighted by molar-refractivity contribution is -0.137. The number of carbonyl (C=O) groups is 1. The summed E-state index contributed by atoms with van der Waals surface area (Å²) in [6, 6.07) is 4.87. The Balaban J connectivity index is 1.48. The molecule has 0 bridgehead atoms. The third-order valence-electron chi connectivity index (χ3n) is 6.96. The molecule has 2 aromatic heterocycles. The number of nitrogens with two attached hydrogens (primary N) is 1. The van der Waals surface area contributed by atoms with Crippen LogP contribution in [0.2, 0.25) is 0 Å². The molecule has 2 atom stereocenters. The van der Waals surface area contributed by atoms with E-state index >= 15 is 4.39 Å². The Morgan fingerprint density at radius 1 is 1.24 bits per heavy atom. The Morgan fingerprint density at radius 2 is 2.03 bits per heavy atom. The molecular formula is C26H21F4N5O3. The van der Waals surface area contributed by atoms with E-state index in [0.29, 0.717) is 22.2 Å². The number of benzene rings is 2. The molecule has 8 nitrogen and oxygen atoms in total. The topological polar surface area (TPSA) is 95.5 Å². The summed E-state index contributed by atoms with van der Waals surface area (Å²) in [7, 11) is 1.65. The Kier molecular flexibility index (Phi) is 5.35. The van der Waals surface area contributed by atoms with Crippen molar-refractivity contribution in [2.24, 2.45) is 7.05 Å². The maximum Gasteiger partial charge on any atom is 0.416 e. The van der Waals surface area contributed by atoms with E-state index in [1.165, 1.54) is 27.9 Å². The fourth-order valence-corrected chi connectivity index (χ4v) is 5.14. The number of aromatic nitrogens is 3. The molecule has 0 saturated heterocycles. The molecule has 4 heterocycles. The number of hydrogen-bond acceptors (Lipinski definition) is 6. The number of nitrogen functional groups attached to an aromatic ring is 1. The number of halogens is 4. The number of rotatable bonds is 3. The zero-order chi connectivity index (χ0) is 26.9. The Morgan fingerprint density at radius 3 is 2.74 bits per heavy atom. The zero-order valence-electron chi connectivity index (χ0n) is 20.2. The van der Waals surface area contributed by atoms with Crippen molar-refractivity contribution in [3.63, 3.8) is 0 Å². The molecule has 38 heavy (non-hydrogen) atoms. The summed E-state index contributed by atoms with van der Waals surface area (Å²) in [5, 5.41) is 4.66. The van der Waals surface area contributed by atoms with Gasteiger partial charge in [-0.1, -0.05) is 6.07 Å². The van der Waals surface area contributed by atoms with Crippen LogP contribution in [0.4, 0.5) is 29.1 Å². The number of ether oxygens (including phenoxy) is 2. The highest BCUT2D eigenvalue weighted by Crippen LogP contribution is 2.43. The van der Waals surface area contributed by atoms with Gasteiger partial charge in [-0.2, -0.15) is 18.3 Å². The Labute approximate surface area is 213 Å². The van der Waals surface area contributed by atoms with Crippen LogP contribution in [0.1, 0.15) is 51.7 Å². The fourth-order valence-electron chi connectivity index (χ4n) is 5.14. The van der Waals surface area contributed by atoms with Crippen LogP contribution in [-0.4, -0.2) is 27.3 Å². The number of fused-ring (bicyclic) bond motifs is 4. The average Bonchev–Trinajstić information content (AvgIpc) is 3.57. The van der Waals surface area contributed by atoms with E-state index in [9.17, 15) is 18.0 Å². The van der Waals surface area contributed by atoms with E-state index < -0.39 is 29.5 Å². The number of anilines is 2. The number of carbonyl (C=O) groups excluding carboxylic acids is 1. The van der Waals surface area contributed by atoms with Crippen LogP contribution in [0.15, 0.2) is 42.7 Å². The van der Waals surface area contributed by atoms with Crippen LogP contribution < -0.4 is 15.4 Å². The van der Waals surface area contributed by atoms with Gasteiger partial charge >= 0.3 is 6.18 Å². The quantitative estimate of drug-likeness (QED) is 0.374. The second-order valence-corrected chi connectivity index (χ2v) is 9.32. The van der Waals surface area contributed by atoms with Crippen molar-refractivity contribution in [1.29, 1.82) is 0 Å². The second kappa shape index (κ2) is 8.42. The summed E-state index contributed by atoms with van der Waals surface area (Å²) >= 11 is 0. The minimum Gasteiger partial charge on any atom is -0.491 e. The molecule has 2 aliphatic heterocycles. The van der Waals surface area contributed by atoms with E-state index in [1.54, 1.807) is 13.2 Å². The van der Waals surface area contributed by atoms with Crippen LogP contribution in [0, 0.1) is 5.82 Å². The van der Waals surface area contributed by atoms with Crippen LogP contribution in [0.5, 0.6) is 5.75 Å². The zero-order valence-corrected chi connectivity index (χ0v) is 20.2. The third-order valence-corrected chi connectivity index (χ3v) is 6.96. The van der Waals surface area contributed by atoms with Crippen LogP contribution in [-0.2, 0) is 24.6 Å². The monoisotopic (exact) mass is 527 g/mol. The molecule has 0 spiro atoms. The molecule has 196 valence electrons. The molecule has 1 amide bonds. The molecule has 6 rings (SSSR count). The summed E-state index contributed by atoms with van der Waals surface area (Å²) < 4.78 is 67.9. The van der Waals surface area contributed by atoms with Crippen molar-refractivity contribution in [1.82, 2.24) is 14.8 Å². The predicted octanol–water partition coefficient (Wildman–Crippen LogP) is 5.08. The van der Waals surface area contributed by atoms with Crippen molar-refractivity contribution in [3.05, 3.63) is 76.4 Å². The highest BCUT2D eigenvalue weighted by atomic mass is 19.4. The summed E-state index contributed by atoms with van der Waals surface area (Å²) in [6.07, 6.45) is -1.86. The summed E-state index contributed by atoms with van der Waals surface area (Å²) in [4.78, 5) is 19.6. The van der Waals surface area contributed by atoms with Gasteiger partial charge in [0.25, 0.3) is 5.91 Å². The highest BCUT2D eigenvalue weighted by Gasteiger charge is 2.39. The van der Waals surface area contributed by atoms with Gasteiger partial charge in [-0.05, 0) is 30.7 Å². The van der Waals surface area contributed by atoms with Gasteiger partial charge in [0.2, 0.25) is 0 Å². The molecule has 12 heteroatoms. The van der Waals surface area contributed by atoms with Crippen molar-refractivity contribution >= 4 is 28.3 Å². The number of nitrogens with zero attached hydrogens (tertiary/aromatic N) is 4. The number of pyridine rings is 1. The van der Waals surface area contributed by atoms with Gasteiger partial charge in [-0.15, -0.1) is 0 Å². The van der Waals surface area contributed by atoms with E-state index in [2.05, 4.69) is 10.1 Å². The van der Waals surface area contributed by atoms with Crippen LogP contribution in [0.25, 0.3) is 10.9 Å². The first kappa shape index (κ1) is 24.2. The van der Waals surface area contributed by atoms with E-state index in [0.717, 1.165) is 23.8 Å². The van der Waals surface area contributed by atoms with Crippen molar-refractivity contribution in [2.75, 3.05) is 17.2 Å². The van der Waals surface area contributed by atoms with Gasteiger partial charge in [0.1, 0.15) is 24.0 Å². The first-order valence-electron chi connectivity index (χ1n) is 11.7. The first-order chi connectivity index (χ1) is 18.0. The predicted molar refractivity (Wildman–Crippen MR) is 129 cm³/mol. The number of aryl methyl sites for hydroxylation is 1. The molecule has 4 aromatic rings. The summed E-state index contributed by atoms with van der Waals surface area (Å²) in [5.74, 6) is -1.28. The van der Waals surface area contributed by atoms with Crippen LogP contribution in [0.3, 0.4) is 0 Å². The lowest BCUT2D eigenvalue weighted by Crippen LogP contribution is -2.36. The van der Waals surface area contributed by atoms with Crippen molar-refractivity contribution in [3.8, 4) is 5.75 Å². The first-order valence-corrected chi connectivity index (χ1v) is 11.7. The Hall–Kier alpha value is -4.19. The minimum absolute atomic E-state index is 0.00845. The molecule has 0 fully saturated rings. The van der Waals surface area contributed by atoms with Gasteiger partial charge in [0.05, 0.1) is 47.3 Å². The number of amides is 1. The fraction of sp³-hybridized carbons (Fsp3) is 0.269. The van der Waals surface area contributed by atoms with Crippen molar-refractivity contribution < 1.29 is 31.8 Å². The van der Waals surface area contributed by atoms with Gasteiger partial charge in [0.15, 0.2) is 0 Å². The molecule has 2 aromatic carbocycles. The maximum atomic E-state index is 15.4. The lowest BCUT2D eigenvalue weighted by atomic mass is 9.98. The number of hydrogen-bond donors (Lipinski definition) is 1.